The maximum atomic E-state index is 13.3. The number of aliphatic hydroxyl groups excluding tert-OH is 1. The molecule has 0 fully saturated rings. The normalized spacial score (nSPS) is 13.4. The van der Waals surface area contributed by atoms with Crippen LogP contribution in [0.2, 0.25) is 5.02 Å². The van der Waals surface area contributed by atoms with Gasteiger partial charge in [0.15, 0.2) is 0 Å². The van der Waals surface area contributed by atoms with Gasteiger partial charge in [-0.25, -0.2) is 4.39 Å². The molecule has 3 aromatic rings. The molecule has 4 nitrogen and oxygen atoms in total. The summed E-state index contributed by atoms with van der Waals surface area (Å²) >= 11 is 5.95. The number of alkyl halides is 3. The molecule has 0 aliphatic carbocycles. The number of aliphatic hydroxyl groups is 1. The number of carbonyl (C=O) groups excluding carboxylic acids is 1. The van der Waals surface area contributed by atoms with E-state index < -0.39 is 35.6 Å². The van der Waals surface area contributed by atoms with Gasteiger partial charge in [0, 0.05) is 23.7 Å². The summed E-state index contributed by atoms with van der Waals surface area (Å²) in [5.41, 5.74) is 0.644. The van der Waals surface area contributed by atoms with Crippen LogP contribution in [0.1, 0.15) is 27.0 Å². The molecule has 0 aliphatic rings. The fourth-order valence-corrected chi connectivity index (χ4v) is 3.59. The Kier molecular flexibility index (Phi) is 8.66. The number of amides is 1. The molecular weight excluding hydrogens is 472 g/mol. The lowest BCUT2D eigenvalue weighted by Gasteiger charge is -2.25. The van der Waals surface area contributed by atoms with Gasteiger partial charge in [0.2, 0.25) is 0 Å². The molecule has 3 N–H and O–H groups in total. The van der Waals surface area contributed by atoms with E-state index in [1.165, 1.54) is 24.3 Å². The van der Waals surface area contributed by atoms with Gasteiger partial charge < -0.3 is 15.7 Å². The molecule has 3 rings (SSSR count). The van der Waals surface area contributed by atoms with Crippen LogP contribution in [0.25, 0.3) is 0 Å². The van der Waals surface area contributed by atoms with Gasteiger partial charge in [-0.2, -0.15) is 13.2 Å². The molecular formula is C25H23ClF4N2O2. The molecule has 0 aliphatic heterocycles. The molecule has 0 heterocycles. The van der Waals surface area contributed by atoms with E-state index in [4.69, 9.17) is 11.6 Å². The van der Waals surface area contributed by atoms with Crippen molar-refractivity contribution in [2.45, 2.75) is 31.3 Å². The van der Waals surface area contributed by atoms with Gasteiger partial charge in [0.1, 0.15) is 5.82 Å². The molecule has 180 valence electrons. The monoisotopic (exact) mass is 494 g/mol. The molecule has 0 saturated heterocycles. The van der Waals surface area contributed by atoms with Gasteiger partial charge in [-0.15, -0.1) is 0 Å². The highest BCUT2D eigenvalue weighted by Crippen LogP contribution is 2.29. The molecule has 0 radical (unpaired) electrons. The van der Waals surface area contributed by atoms with Gasteiger partial charge in [-0.05, 0) is 53.9 Å². The molecule has 0 bridgehead atoms. The number of carbonyl (C=O) groups is 1. The van der Waals surface area contributed by atoms with Crippen molar-refractivity contribution in [3.63, 3.8) is 0 Å². The largest absolute Gasteiger partial charge is 0.416 e. The Bertz CT molecular complexity index is 1110. The van der Waals surface area contributed by atoms with E-state index in [0.29, 0.717) is 21.7 Å². The van der Waals surface area contributed by atoms with Gasteiger partial charge in [0.25, 0.3) is 5.91 Å². The van der Waals surface area contributed by atoms with Crippen molar-refractivity contribution in [2.75, 3.05) is 6.54 Å². The number of nitrogens with one attached hydrogen (secondary N) is 2. The number of halogens is 5. The third kappa shape index (κ3) is 7.55. The van der Waals surface area contributed by atoms with Crippen molar-refractivity contribution in [1.29, 1.82) is 0 Å². The number of rotatable bonds is 9. The minimum absolute atomic E-state index is 0.00205. The van der Waals surface area contributed by atoms with E-state index in [1.807, 2.05) is 0 Å². The van der Waals surface area contributed by atoms with E-state index in [1.54, 1.807) is 36.4 Å². The minimum Gasteiger partial charge on any atom is -0.390 e. The van der Waals surface area contributed by atoms with Crippen LogP contribution in [-0.4, -0.2) is 29.7 Å². The Balaban J connectivity index is 1.67. The van der Waals surface area contributed by atoms with Gasteiger partial charge in [-0.1, -0.05) is 48.0 Å². The second-order valence-corrected chi connectivity index (χ2v) is 8.25. The SMILES string of the molecule is O=C(N[C@@H](Cc1ccc(F)cc1)[C@H](O)CNCc1cccc(C(F)(F)F)c1)c1cccc(Cl)c1. The maximum absolute atomic E-state index is 13.3. The summed E-state index contributed by atoms with van der Waals surface area (Å²) < 4.78 is 52.0. The van der Waals surface area contributed by atoms with Gasteiger partial charge in [0.05, 0.1) is 17.7 Å². The summed E-state index contributed by atoms with van der Waals surface area (Å²) in [4.78, 5) is 12.7. The minimum atomic E-state index is -4.44. The third-order valence-corrected chi connectivity index (χ3v) is 5.41. The van der Waals surface area contributed by atoms with Gasteiger partial charge >= 0.3 is 6.18 Å². The predicted molar refractivity (Wildman–Crippen MR) is 122 cm³/mol. The lowest BCUT2D eigenvalue weighted by atomic mass is 10.00. The highest BCUT2D eigenvalue weighted by Gasteiger charge is 2.30. The predicted octanol–water partition coefficient (Wildman–Crippen LogP) is 4.99. The fourth-order valence-electron chi connectivity index (χ4n) is 3.40. The number of hydrogen-bond acceptors (Lipinski definition) is 3. The highest BCUT2D eigenvalue weighted by molar-refractivity contribution is 6.30. The van der Waals surface area contributed by atoms with Crippen molar-refractivity contribution < 1.29 is 27.5 Å². The molecule has 0 unspecified atom stereocenters. The molecule has 0 saturated carbocycles. The second-order valence-electron chi connectivity index (χ2n) is 7.82. The van der Waals surface area contributed by atoms with E-state index >= 15 is 0 Å². The van der Waals surface area contributed by atoms with Crippen LogP contribution in [-0.2, 0) is 19.1 Å². The molecule has 9 heteroatoms. The first-order chi connectivity index (χ1) is 16.1. The van der Waals surface area contributed by atoms with Crippen molar-refractivity contribution in [1.82, 2.24) is 10.6 Å². The summed E-state index contributed by atoms with van der Waals surface area (Å²) in [5.74, 6) is -0.863. The van der Waals surface area contributed by atoms with Crippen LogP contribution < -0.4 is 10.6 Å². The van der Waals surface area contributed by atoms with E-state index in [9.17, 15) is 27.5 Å². The summed E-state index contributed by atoms with van der Waals surface area (Å²) in [6.07, 6.45) is -5.32. The zero-order valence-corrected chi connectivity index (χ0v) is 18.7. The van der Waals surface area contributed by atoms with E-state index in [-0.39, 0.29) is 19.5 Å². The zero-order chi connectivity index (χ0) is 24.7. The van der Waals surface area contributed by atoms with Crippen molar-refractivity contribution in [3.05, 3.63) is 106 Å². The molecule has 0 aromatic heterocycles. The average Bonchev–Trinajstić information content (AvgIpc) is 2.79. The van der Waals surface area contributed by atoms with Gasteiger partial charge in [-0.3, -0.25) is 4.79 Å². The smallest absolute Gasteiger partial charge is 0.390 e. The first-order valence-electron chi connectivity index (χ1n) is 10.5. The molecule has 0 spiro atoms. The summed E-state index contributed by atoms with van der Waals surface area (Å²) in [7, 11) is 0. The summed E-state index contributed by atoms with van der Waals surface area (Å²) in [6.45, 7) is 0.0877. The average molecular weight is 495 g/mol. The van der Waals surface area contributed by atoms with Crippen LogP contribution in [0.4, 0.5) is 17.6 Å². The Hall–Kier alpha value is -2.94. The van der Waals surface area contributed by atoms with Crippen LogP contribution in [0, 0.1) is 5.82 Å². The molecule has 3 aromatic carbocycles. The Labute approximate surface area is 199 Å². The fraction of sp³-hybridized carbons (Fsp3) is 0.240. The van der Waals surface area contributed by atoms with E-state index in [0.717, 1.165) is 12.1 Å². The van der Waals surface area contributed by atoms with E-state index in [2.05, 4.69) is 10.6 Å². The number of benzene rings is 3. The topological polar surface area (TPSA) is 61.4 Å². The summed E-state index contributed by atoms with van der Waals surface area (Å²) in [5, 5.41) is 16.9. The highest BCUT2D eigenvalue weighted by atomic mass is 35.5. The molecule has 1 amide bonds. The van der Waals surface area contributed by atoms with Crippen LogP contribution >= 0.6 is 11.6 Å². The Morgan fingerprint density at radius 1 is 0.971 bits per heavy atom. The first-order valence-corrected chi connectivity index (χ1v) is 10.9. The standard InChI is InChI=1S/C25H23ClF4N2O2/c26-20-6-2-4-18(13-20)24(34)32-22(12-16-7-9-21(27)10-8-16)23(33)15-31-14-17-3-1-5-19(11-17)25(28,29)30/h1-11,13,22-23,31,33H,12,14-15H2,(H,32,34)/t22-,23+/m0/s1. The zero-order valence-electron chi connectivity index (χ0n) is 17.9. The van der Waals surface area contributed by atoms with Crippen LogP contribution in [0.5, 0.6) is 0 Å². The lowest BCUT2D eigenvalue weighted by Crippen LogP contribution is -2.48. The molecule has 2 atom stereocenters. The number of hydrogen-bond donors (Lipinski definition) is 3. The lowest BCUT2D eigenvalue weighted by molar-refractivity contribution is -0.137. The maximum Gasteiger partial charge on any atom is 0.416 e. The van der Waals surface area contributed by atoms with Crippen molar-refractivity contribution in [2.24, 2.45) is 0 Å². The van der Waals surface area contributed by atoms with Crippen LogP contribution in [0.15, 0.2) is 72.8 Å². The van der Waals surface area contributed by atoms with Crippen molar-refractivity contribution in [3.8, 4) is 0 Å². The third-order valence-electron chi connectivity index (χ3n) is 5.17. The van der Waals surface area contributed by atoms with Crippen LogP contribution in [0.3, 0.4) is 0 Å². The second kappa shape index (κ2) is 11.5. The Morgan fingerprint density at radius 2 is 1.68 bits per heavy atom. The quantitative estimate of drug-likeness (QED) is 0.367. The summed E-state index contributed by atoms with van der Waals surface area (Å²) in [6, 6.07) is 16.1. The first kappa shape index (κ1) is 25.7. The molecule has 34 heavy (non-hydrogen) atoms. The Morgan fingerprint density at radius 3 is 2.35 bits per heavy atom. The van der Waals surface area contributed by atoms with Crippen molar-refractivity contribution >= 4 is 17.5 Å².